The highest BCUT2D eigenvalue weighted by atomic mass is 16.7. The van der Waals surface area contributed by atoms with E-state index in [-0.39, 0.29) is 12.6 Å². The minimum absolute atomic E-state index is 0.0565. The maximum absolute atomic E-state index is 5.68. The second-order valence-corrected chi connectivity index (χ2v) is 7.57. The van der Waals surface area contributed by atoms with E-state index in [9.17, 15) is 0 Å². The Bertz CT molecular complexity index is 321. The predicted molar refractivity (Wildman–Crippen MR) is 92.4 cm³/mol. The van der Waals surface area contributed by atoms with Crippen molar-refractivity contribution in [1.82, 2.24) is 0 Å². The van der Waals surface area contributed by atoms with E-state index in [1.54, 1.807) is 0 Å². The first-order valence-electron chi connectivity index (χ1n) is 10.00. The molecular weight excluding hydrogens is 306 g/mol. The highest BCUT2D eigenvalue weighted by Crippen LogP contribution is 2.38. The Morgan fingerprint density at radius 2 is 1.17 bits per heavy atom. The van der Waals surface area contributed by atoms with Gasteiger partial charge in [0.15, 0.2) is 12.6 Å². The Hall–Kier alpha value is -0.200. The molecule has 0 unspecified atom stereocenters. The lowest BCUT2D eigenvalue weighted by Crippen LogP contribution is -2.29. The molecule has 0 aromatic heterocycles. The van der Waals surface area contributed by atoms with Crippen molar-refractivity contribution < 1.29 is 18.9 Å². The predicted octanol–water partition coefficient (Wildman–Crippen LogP) is 2.92. The van der Waals surface area contributed by atoms with Crippen LogP contribution >= 0.6 is 0 Å². The molecule has 2 N–H and O–H groups in total. The van der Waals surface area contributed by atoms with Crippen LogP contribution in [0, 0.1) is 23.7 Å². The molecule has 0 bridgehead atoms. The summed E-state index contributed by atoms with van der Waals surface area (Å²) in [6, 6.07) is 0. The summed E-state index contributed by atoms with van der Waals surface area (Å²) in [7, 11) is 0. The van der Waals surface area contributed by atoms with Gasteiger partial charge in [0.1, 0.15) is 0 Å². The lowest BCUT2D eigenvalue weighted by molar-refractivity contribution is -0.0935. The van der Waals surface area contributed by atoms with Crippen molar-refractivity contribution in [2.45, 2.75) is 64.4 Å². The van der Waals surface area contributed by atoms with Crippen LogP contribution in [0.5, 0.6) is 0 Å². The third-order valence-electron chi connectivity index (χ3n) is 6.26. The molecule has 24 heavy (non-hydrogen) atoms. The average Bonchev–Trinajstić information content (AvgIpc) is 3.43. The van der Waals surface area contributed by atoms with E-state index in [0.717, 1.165) is 38.9 Å². The molecule has 2 aliphatic carbocycles. The highest BCUT2D eigenvalue weighted by molar-refractivity contribution is 4.82. The van der Waals surface area contributed by atoms with Gasteiger partial charge in [-0.05, 0) is 44.1 Å². The molecule has 2 saturated heterocycles. The van der Waals surface area contributed by atoms with Crippen molar-refractivity contribution in [3.8, 4) is 0 Å². The van der Waals surface area contributed by atoms with Crippen LogP contribution in [0.1, 0.15) is 51.9 Å². The van der Waals surface area contributed by atoms with E-state index in [0.29, 0.717) is 17.8 Å². The van der Waals surface area contributed by atoms with Crippen LogP contribution in [0.4, 0.5) is 0 Å². The summed E-state index contributed by atoms with van der Waals surface area (Å²) in [4.78, 5) is 0. The summed E-state index contributed by atoms with van der Waals surface area (Å²) in [5.41, 5.74) is 5.68. The zero-order chi connectivity index (χ0) is 16.8. The highest BCUT2D eigenvalue weighted by Gasteiger charge is 2.36. The quantitative estimate of drug-likeness (QED) is 0.852. The molecule has 5 heteroatoms. The molecule has 4 atom stereocenters. The Kier molecular flexibility index (Phi) is 7.35. The summed E-state index contributed by atoms with van der Waals surface area (Å²) < 4.78 is 22.1. The van der Waals surface area contributed by atoms with Crippen molar-refractivity contribution >= 4 is 0 Å². The Balaban J connectivity index is 0.000000141. The first-order valence-corrected chi connectivity index (χ1v) is 10.00. The van der Waals surface area contributed by atoms with Crippen LogP contribution in [0.2, 0.25) is 0 Å². The van der Waals surface area contributed by atoms with Crippen LogP contribution in [-0.4, -0.2) is 45.6 Å². The molecular formula is C19H35NO4. The number of hydrogen-bond acceptors (Lipinski definition) is 5. The SMILES string of the molecule is CC[C@@H]1CCC[C@H]1C1OCCO1.NC[C@@H]1CCC[C@H]1C1OCCO1. The first kappa shape index (κ1) is 18.6. The largest absolute Gasteiger partial charge is 0.350 e. The molecule has 140 valence electrons. The molecule has 0 amide bonds. The standard InChI is InChI=1S/C10H18O2.C9H17NO2/c1-2-8-4-3-5-9(8)10-11-6-7-12-10;10-6-7-2-1-3-8(7)9-11-4-5-12-9/h8-10H,2-7H2,1H3;7-9H,1-6,10H2/t8-,9-;7-,8+/m10/s1. The zero-order valence-corrected chi connectivity index (χ0v) is 15.2. The van der Waals surface area contributed by atoms with Gasteiger partial charge >= 0.3 is 0 Å². The van der Waals surface area contributed by atoms with Gasteiger partial charge in [-0.3, -0.25) is 0 Å². The van der Waals surface area contributed by atoms with E-state index >= 15 is 0 Å². The third-order valence-corrected chi connectivity index (χ3v) is 6.26. The van der Waals surface area contributed by atoms with Crippen LogP contribution in [0.15, 0.2) is 0 Å². The van der Waals surface area contributed by atoms with Crippen LogP contribution in [0.25, 0.3) is 0 Å². The molecule has 0 aromatic carbocycles. The second kappa shape index (κ2) is 9.48. The van der Waals surface area contributed by atoms with Crippen molar-refractivity contribution in [1.29, 1.82) is 0 Å². The van der Waals surface area contributed by atoms with Gasteiger partial charge in [0.05, 0.1) is 26.4 Å². The maximum Gasteiger partial charge on any atom is 0.160 e. The number of hydrogen-bond donors (Lipinski definition) is 1. The van der Waals surface area contributed by atoms with E-state index < -0.39 is 0 Å². The Labute approximate surface area is 146 Å². The van der Waals surface area contributed by atoms with Crippen molar-refractivity contribution in [2.24, 2.45) is 29.4 Å². The van der Waals surface area contributed by atoms with Gasteiger partial charge in [-0.2, -0.15) is 0 Å². The van der Waals surface area contributed by atoms with E-state index in [1.165, 1.54) is 44.9 Å². The first-order chi connectivity index (χ1) is 11.8. The molecule has 4 rings (SSSR count). The summed E-state index contributed by atoms with van der Waals surface area (Å²) in [6.45, 7) is 6.19. The van der Waals surface area contributed by atoms with Crippen molar-refractivity contribution in [3.05, 3.63) is 0 Å². The second-order valence-electron chi connectivity index (χ2n) is 7.57. The van der Waals surface area contributed by atoms with E-state index in [4.69, 9.17) is 24.7 Å². The molecule has 2 saturated carbocycles. The van der Waals surface area contributed by atoms with Crippen molar-refractivity contribution in [3.63, 3.8) is 0 Å². The summed E-state index contributed by atoms with van der Waals surface area (Å²) >= 11 is 0. The van der Waals surface area contributed by atoms with Gasteiger partial charge in [-0.1, -0.05) is 26.2 Å². The number of nitrogens with two attached hydrogens (primary N) is 1. The Morgan fingerprint density at radius 1 is 0.708 bits per heavy atom. The van der Waals surface area contributed by atoms with Crippen LogP contribution in [-0.2, 0) is 18.9 Å². The Morgan fingerprint density at radius 3 is 1.62 bits per heavy atom. The fourth-order valence-corrected chi connectivity index (χ4v) is 4.89. The van der Waals surface area contributed by atoms with Gasteiger partial charge in [0.25, 0.3) is 0 Å². The average molecular weight is 341 g/mol. The van der Waals surface area contributed by atoms with Gasteiger partial charge in [-0.25, -0.2) is 0 Å². The summed E-state index contributed by atoms with van der Waals surface area (Å²) in [5, 5.41) is 0. The number of ether oxygens (including phenoxy) is 4. The third kappa shape index (κ3) is 4.50. The molecule has 2 aliphatic heterocycles. The van der Waals surface area contributed by atoms with E-state index in [1.807, 2.05) is 0 Å². The molecule has 0 radical (unpaired) electrons. The summed E-state index contributed by atoms with van der Waals surface area (Å²) in [5.74, 6) is 2.75. The molecule has 2 heterocycles. The minimum Gasteiger partial charge on any atom is -0.350 e. The molecule has 0 aromatic rings. The lowest BCUT2D eigenvalue weighted by Gasteiger charge is -2.22. The lowest BCUT2D eigenvalue weighted by atomic mass is 9.93. The fourth-order valence-electron chi connectivity index (χ4n) is 4.89. The molecule has 5 nitrogen and oxygen atoms in total. The normalized spacial score (nSPS) is 37.8. The van der Waals surface area contributed by atoms with Gasteiger partial charge in [0, 0.05) is 11.8 Å². The van der Waals surface area contributed by atoms with Crippen molar-refractivity contribution in [2.75, 3.05) is 33.0 Å². The topological polar surface area (TPSA) is 62.9 Å². The zero-order valence-electron chi connectivity index (χ0n) is 15.2. The monoisotopic (exact) mass is 341 g/mol. The van der Waals surface area contributed by atoms with E-state index in [2.05, 4.69) is 6.92 Å². The summed E-state index contributed by atoms with van der Waals surface area (Å²) in [6.07, 6.45) is 9.30. The fraction of sp³-hybridized carbons (Fsp3) is 1.00. The maximum atomic E-state index is 5.68. The number of rotatable bonds is 4. The van der Waals surface area contributed by atoms with Gasteiger partial charge in [0.2, 0.25) is 0 Å². The molecule has 4 fully saturated rings. The smallest absolute Gasteiger partial charge is 0.160 e. The van der Waals surface area contributed by atoms with Gasteiger partial charge < -0.3 is 24.7 Å². The minimum atomic E-state index is 0.0565. The molecule has 4 aliphatic rings. The van der Waals surface area contributed by atoms with Gasteiger partial charge in [-0.15, -0.1) is 0 Å². The molecule has 0 spiro atoms. The van der Waals surface area contributed by atoms with Crippen LogP contribution < -0.4 is 5.73 Å². The van der Waals surface area contributed by atoms with Crippen LogP contribution in [0.3, 0.4) is 0 Å².